The lowest BCUT2D eigenvalue weighted by Crippen LogP contribution is -2.31. The predicted octanol–water partition coefficient (Wildman–Crippen LogP) is 0.497. The minimum absolute atomic E-state index is 0.0462. The van der Waals surface area contributed by atoms with E-state index in [9.17, 15) is 9.59 Å². The Morgan fingerprint density at radius 3 is 3.20 bits per heavy atom. The maximum atomic E-state index is 12.1. The Balaban J connectivity index is 1.71. The summed E-state index contributed by atoms with van der Waals surface area (Å²) in [5, 5.41) is 11.5. The zero-order valence-electron chi connectivity index (χ0n) is 10.4. The van der Waals surface area contributed by atoms with Gasteiger partial charge in [-0.05, 0) is 11.4 Å². The molecule has 102 valence electrons. The van der Waals surface area contributed by atoms with Gasteiger partial charge in [-0.2, -0.15) is 5.10 Å². The first-order valence-corrected chi connectivity index (χ1v) is 6.79. The van der Waals surface area contributed by atoms with E-state index in [2.05, 4.69) is 20.5 Å². The number of aromatic nitrogens is 4. The molecule has 8 heteroatoms. The fourth-order valence-corrected chi connectivity index (χ4v) is 2.51. The van der Waals surface area contributed by atoms with Crippen LogP contribution in [0.1, 0.15) is 5.56 Å². The summed E-state index contributed by atoms with van der Waals surface area (Å²) in [4.78, 5) is 28.7. The molecule has 3 heterocycles. The maximum absolute atomic E-state index is 12.1. The molecule has 20 heavy (non-hydrogen) atoms. The summed E-state index contributed by atoms with van der Waals surface area (Å²) in [6.07, 6.45) is 4.73. The van der Waals surface area contributed by atoms with Crippen molar-refractivity contribution in [2.45, 2.75) is 13.1 Å². The highest BCUT2D eigenvalue weighted by Gasteiger charge is 2.08. The largest absolute Gasteiger partial charge is 0.350 e. The monoisotopic (exact) mass is 289 g/mol. The van der Waals surface area contributed by atoms with Crippen molar-refractivity contribution in [3.8, 4) is 0 Å². The molecule has 1 amide bonds. The Kier molecular flexibility index (Phi) is 3.30. The second kappa shape index (κ2) is 5.25. The van der Waals surface area contributed by atoms with Crippen LogP contribution in [0.5, 0.6) is 0 Å². The summed E-state index contributed by atoms with van der Waals surface area (Å²) in [6, 6.07) is 1.72. The van der Waals surface area contributed by atoms with Crippen molar-refractivity contribution in [3.05, 3.63) is 46.1 Å². The zero-order valence-corrected chi connectivity index (χ0v) is 11.2. The van der Waals surface area contributed by atoms with E-state index in [1.165, 1.54) is 22.2 Å². The van der Waals surface area contributed by atoms with Gasteiger partial charge in [0.15, 0.2) is 0 Å². The second-order valence-corrected chi connectivity index (χ2v) is 5.09. The average Bonchev–Trinajstić information content (AvgIpc) is 3.10. The lowest BCUT2D eigenvalue weighted by atomic mass is 10.3. The van der Waals surface area contributed by atoms with E-state index in [4.69, 9.17) is 0 Å². The third-order valence-electron chi connectivity index (χ3n) is 2.81. The minimum atomic E-state index is -0.246. The molecule has 0 unspecified atom stereocenters. The fourth-order valence-electron chi connectivity index (χ4n) is 1.79. The molecule has 3 aromatic heterocycles. The number of carbonyl (C=O) groups is 1. The van der Waals surface area contributed by atoms with E-state index in [1.807, 2.05) is 5.38 Å². The topological polar surface area (TPSA) is 92.7 Å². The molecule has 3 aromatic rings. The summed E-state index contributed by atoms with van der Waals surface area (Å²) in [7, 11) is 0. The molecule has 0 bridgehead atoms. The van der Waals surface area contributed by atoms with Crippen LogP contribution in [0.2, 0.25) is 0 Å². The van der Waals surface area contributed by atoms with Crippen molar-refractivity contribution in [3.63, 3.8) is 0 Å². The number of hydrogen-bond donors (Lipinski definition) is 2. The first kappa shape index (κ1) is 12.5. The van der Waals surface area contributed by atoms with Gasteiger partial charge >= 0.3 is 0 Å². The first-order valence-electron chi connectivity index (χ1n) is 5.91. The number of rotatable bonds is 4. The molecule has 0 aliphatic carbocycles. The van der Waals surface area contributed by atoms with Gasteiger partial charge in [0.25, 0.3) is 5.56 Å². The van der Waals surface area contributed by atoms with Crippen LogP contribution in [-0.2, 0) is 17.9 Å². The quantitative estimate of drug-likeness (QED) is 0.731. The van der Waals surface area contributed by atoms with Crippen molar-refractivity contribution in [2.75, 3.05) is 0 Å². The van der Waals surface area contributed by atoms with E-state index in [0.717, 1.165) is 5.56 Å². The van der Waals surface area contributed by atoms with Gasteiger partial charge < -0.3 is 5.32 Å². The van der Waals surface area contributed by atoms with Crippen LogP contribution in [0.4, 0.5) is 0 Å². The number of nitrogens with one attached hydrogen (secondary N) is 2. The molecule has 0 fully saturated rings. The maximum Gasteiger partial charge on any atom is 0.262 e. The minimum Gasteiger partial charge on any atom is -0.350 e. The smallest absolute Gasteiger partial charge is 0.262 e. The number of H-pyrrole nitrogens is 1. The summed E-state index contributed by atoms with van der Waals surface area (Å²) >= 11 is 1.40. The molecule has 0 aromatic carbocycles. The van der Waals surface area contributed by atoms with Crippen LogP contribution < -0.4 is 10.9 Å². The van der Waals surface area contributed by atoms with Crippen molar-refractivity contribution in [1.29, 1.82) is 0 Å². The predicted molar refractivity (Wildman–Crippen MR) is 74.3 cm³/mol. The van der Waals surface area contributed by atoms with E-state index in [-0.39, 0.29) is 18.0 Å². The first-order chi connectivity index (χ1) is 9.74. The van der Waals surface area contributed by atoms with Crippen LogP contribution in [0, 0.1) is 0 Å². The molecule has 2 N–H and O–H groups in total. The number of hydrogen-bond acceptors (Lipinski definition) is 5. The average molecular weight is 289 g/mol. The van der Waals surface area contributed by atoms with Gasteiger partial charge in [-0.25, -0.2) is 4.98 Å². The molecule has 0 aliphatic heterocycles. The number of thiophene rings is 1. The van der Waals surface area contributed by atoms with E-state index in [0.29, 0.717) is 16.8 Å². The van der Waals surface area contributed by atoms with E-state index < -0.39 is 0 Å². The van der Waals surface area contributed by atoms with Gasteiger partial charge in [-0.3, -0.25) is 19.3 Å². The van der Waals surface area contributed by atoms with Crippen LogP contribution in [0.15, 0.2) is 35.0 Å². The number of carbonyl (C=O) groups excluding carboxylic acids is 1. The number of aromatic amines is 1. The van der Waals surface area contributed by atoms with Crippen molar-refractivity contribution in [2.24, 2.45) is 0 Å². The molecule has 7 nitrogen and oxygen atoms in total. The summed E-state index contributed by atoms with van der Waals surface area (Å²) in [5.74, 6) is -0.246. The molecule has 0 atom stereocenters. The molecule has 0 saturated heterocycles. The Hall–Kier alpha value is -2.48. The molecular formula is C12H11N5O2S. The summed E-state index contributed by atoms with van der Waals surface area (Å²) in [5.41, 5.74) is 0.673. The third-order valence-corrected chi connectivity index (χ3v) is 3.63. The van der Waals surface area contributed by atoms with Crippen LogP contribution in [0.25, 0.3) is 10.2 Å². The Morgan fingerprint density at radius 1 is 1.50 bits per heavy atom. The SMILES string of the molecule is O=C(Cn1cnc2sccc2c1=O)NCc1cn[nH]c1. The van der Waals surface area contributed by atoms with Crippen molar-refractivity contribution < 1.29 is 4.79 Å². The van der Waals surface area contributed by atoms with Gasteiger partial charge in [0.2, 0.25) is 5.91 Å². The molecular weight excluding hydrogens is 278 g/mol. The summed E-state index contributed by atoms with van der Waals surface area (Å²) < 4.78 is 1.31. The molecule has 0 aliphatic rings. The summed E-state index contributed by atoms with van der Waals surface area (Å²) in [6.45, 7) is 0.327. The lowest BCUT2D eigenvalue weighted by Gasteiger charge is -2.06. The van der Waals surface area contributed by atoms with E-state index >= 15 is 0 Å². The van der Waals surface area contributed by atoms with Gasteiger partial charge in [0.05, 0.1) is 17.9 Å². The Labute approximate surface area is 117 Å². The van der Waals surface area contributed by atoms with Gasteiger partial charge in [-0.15, -0.1) is 11.3 Å². The Morgan fingerprint density at radius 2 is 2.40 bits per heavy atom. The van der Waals surface area contributed by atoms with Gasteiger partial charge in [0.1, 0.15) is 11.4 Å². The molecule has 0 radical (unpaired) electrons. The van der Waals surface area contributed by atoms with Gasteiger partial charge in [-0.1, -0.05) is 0 Å². The normalized spacial score (nSPS) is 10.8. The van der Waals surface area contributed by atoms with E-state index in [1.54, 1.807) is 18.5 Å². The third kappa shape index (κ3) is 2.45. The van der Waals surface area contributed by atoms with Crippen LogP contribution >= 0.6 is 11.3 Å². The highest BCUT2D eigenvalue weighted by Crippen LogP contribution is 2.13. The number of amides is 1. The van der Waals surface area contributed by atoms with Gasteiger partial charge in [0, 0.05) is 18.3 Å². The van der Waals surface area contributed by atoms with Crippen molar-refractivity contribution >= 4 is 27.5 Å². The number of fused-ring (bicyclic) bond motifs is 1. The molecule has 3 rings (SSSR count). The molecule has 0 spiro atoms. The second-order valence-electron chi connectivity index (χ2n) is 4.20. The highest BCUT2D eigenvalue weighted by atomic mass is 32.1. The molecule has 0 saturated carbocycles. The van der Waals surface area contributed by atoms with Crippen molar-refractivity contribution in [1.82, 2.24) is 25.1 Å². The zero-order chi connectivity index (χ0) is 13.9. The van der Waals surface area contributed by atoms with Crippen LogP contribution in [0.3, 0.4) is 0 Å². The standard InChI is InChI=1S/C12H11N5O2S/c18-10(13-3-8-4-15-16-5-8)6-17-7-14-11-9(12(17)19)1-2-20-11/h1-2,4-5,7H,3,6H2,(H,13,18)(H,15,16). The number of nitrogens with zero attached hydrogens (tertiary/aromatic N) is 3. The highest BCUT2D eigenvalue weighted by molar-refractivity contribution is 7.16. The lowest BCUT2D eigenvalue weighted by molar-refractivity contribution is -0.121. The fraction of sp³-hybridized carbons (Fsp3) is 0.167. The Bertz CT molecular complexity index is 790. The van der Waals surface area contributed by atoms with Crippen LogP contribution in [-0.4, -0.2) is 25.7 Å².